The number of anilines is 1. The summed E-state index contributed by atoms with van der Waals surface area (Å²) in [6.07, 6.45) is -4.74. The van der Waals surface area contributed by atoms with Crippen LogP contribution in [0.15, 0.2) is 54.6 Å². The average Bonchev–Trinajstić information content (AvgIpc) is 3.56. The second-order valence-corrected chi connectivity index (χ2v) is 13.4. The fourth-order valence-corrected chi connectivity index (χ4v) is 5.93. The van der Waals surface area contributed by atoms with Gasteiger partial charge >= 0.3 is 6.09 Å². The number of rotatable bonds is 11. The number of carbonyl (C=O) groups is 3. The van der Waals surface area contributed by atoms with Crippen molar-refractivity contribution in [2.24, 2.45) is 0 Å². The molecule has 1 aliphatic rings. The highest BCUT2D eigenvalue weighted by Gasteiger charge is 2.44. The second-order valence-electron chi connectivity index (χ2n) is 13.4. The summed E-state index contributed by atoms with van der Waals surface area (Å²) in [6.45, 7) is 4.79. The van der Waals surface area contributed by atoms with E-state index in [1.165, 1.54) is 44.5 Å². The molecule has 4 heterocycles. The van der Waals surface area contributed by atoms with Crippen LogP contribution in [0.4, 0.5) is 32.6 Å². The van der Waals surface area contributed by atoms with Gasteiger partial charge in [0, 0.05) is 24.1 Å². The molecule has 0 saturated heterocycles. The number of aryl methyl sites for hydroxylation is 1. The Morgan fingerprint density at radius 3 is 2.47 bits per heavy atom. The molecule has 12 nitrogen and oxygen atoms in total. The van der Waals surface area contributed by atoms with Crippen molar-refractivity contribution >= 4 is 34.8 Å². The molecule has 6 rings (SSSR count). The Morgan fingerprint density at radius 2 is 1.75 bits per heavy atom. The maximum atomic E-state index is 14.9. The third-order valence-electron chi connectivity index (χ3n) is 8.82. The number of amides is 3. The van der Waals surface area contributed by atoms with Gasteiger partial charge in [0.1, 0.15) is 29.6 Å². The molecule has 276 valence electrons. The summed E-state index contributed by atoms with van der Waals surface area (Å²) in [5.41, 5.74) is -2.77. The van der Waals surface area contributed by atoms with E-state index < -0.39 is 65.7 Å². The molecule has 0 radical (unpaired) electrons. The predicted molar refractivity (Wildman–Crippen MR) is 181 cm³/mol. The minimum absolute atomic E-state index is 0.0155. The smallest absolute Gasteiger partial charge is 0.407 e. The fraction of sp³-hybridized carbons (Fsp3) is 0.306. The number of halogens is 5. The van der Waals surface area contributed by atoms with E-state index >= 15 is 0 Å². The van der Waals surface area contributed by atoms with Crippen LogP contribution in [-0.4, -0.2) is 61.1 Å². The first kappa shape index (κ1) is 36.8. The molecule has 17 heteroatoms. The quantitative estimate of drug-likeness (QED) is 0.141. The second kappa shape index (κ2) is 14.2. The zero-order chi connectivity index (χ0) is 38.2. The molecule has 1 unspecified atom stereocenters. The van der Waals surface area contributed by atoms with Crippen molar-refractivity contribution in [3.63, 3.8) is 0 Å². The van der Waals surface area contributed by atoms with Crippen LogP contribution in [0.25, 0.3) is 22.6 Å². The van der Waals surface area contributed by atoms with Crippen molar-refractivity contribution in [2.75, 3.05) is 11.9 Å². The Bertz CT molecular complexity index is 2250. The van der Waals surface area contributed by atoms with Gasteiger partial charge in [-0.05, 0) is 45.4 Å². The van der Waals surface area contributed by atoms with Gasteiger partial charge in [-0.3, -0.25) is 9.59 Å². The van der Waals surface area contributed by atoms with Crippen LogP contribution in [0.2, 0.25) is 0 Å². The number of pyridine rings is 1. The molecule has 2 aromatic carbocycles. The summed E-state index contributed by atoms with van der Waals surface area (Å²) in [7, 11) is 0. The average molecular weight is 737 g/mol. The topological polar surface area (TPSA) is 153 Å². The van der Waals surface area contributed by atoms with Crippen molar-refractivity contribution in [1.29, 1.82) is 0 Å². The minimum atomic E-state index is -2.89. The SMILES string of the molecule is Cc1nc2c(cc1F)c(-c1nc3c(c(C(=O)NCC(C)(CC(F)F)NC(=O)OCc4ccccc4)n1)C(C)(C)C(=O)N3)nn2Cc1cccc(F)c1F. The summed E-state index contributed by atoms with van der Waals surface area (Å²) in [5, 5.41) is 12.1. The van der Waals surface area contributed by atoms with Gasteiger partial charge in [-0.2, -0.15) is 5.10 Å². The molecule has 0 aliphatic carbocycles. The molecule has 0 spiro atoms. The summed E-state index contributed by atoms with van der Waals surface area (Å²) < 4.78 is 77.6. The Morgan fingerprint density at radius 1 is 1.02 bits per heavy atom. The molecule has 0 fully saturated rings. The zero-order valence-electron chi connectivity index (χ0n) is 28.9. The van der Waals surface area contributed by atoms with Crippen molar-refractivity contribution in [1.82, 2.24) is 35.4 Å². The molecule has 3 aromatic heterocycles. The number of ether oxygens (including phenoxy) is 1. The van der Waals surface area contributed by atoms with Crippen LogP contribution >= 0.6 is 0 Å². The van der Waals surface area contributed by atoms with Gasteiger partial charge in [0.05, 0.1) is 28.6 Å². The van der Waals surface area contributed by atoms with Crippen LogP contribution in [0.3, 0.4) is 0 Å². The van der Waals surface area contributed by atoms with Crippen molar-refractivity contribution < 1.29 is 41.1 Å². The minimum Gasteiger partial charge on any atom is -0.445 e. The zero-order valence-corrected chi connectivity index (χ0v) is 28.9. The molecular weight excluding hydrogens is 703 g/mol. The molecule has 5 aromatic rings. The third kappa shape index (κ3) is 7.50. The van der Waals surface area contributed by atoms with E-state index in [4.69, 9.17) is 4.74 Å². The molecule has 53 heavy (non-hydrogen) atoms. The van der Waals surface area contributed by atoms with Gasteiger partial charge in [0.2, 0.25) is 12.3 Å². The summed E-state index contributed by atoms with van der Waals surface area (Å²) in [5.74, 6) is -4.71. The number of aromatic nitrogens is 5. The number of alkyl halides is 2. The van der Waals surface area contributed by atoms with E-state index in [0.717, 1.165) is 12.1 Å². The highest BCUT2D eigenvalue weighted by Crippen LogP contribution is 2.40. The molecule has 1 aliphatic heterocycles. The standard InChI is InChI=1S/C36H33F5N8O4/c1-18-23(38)13-21-27(48-49(31(21)43-18)15-20-11-8-12-22(37)26(20)41)30-44-28(25-29(45-30)46-33(51)35(25,2)3)32(50)42-17-36(4,14-24(39)40)47-34(52)53-16-19-9-6-5-7-10-19/h5-13,24H,14-17H2,1-4H3,(H,42,50)(H,47,52)(H,44,45,46,51). The van der Waals surface area contributed by atoms with Gasteiger partial charge < -0.3 is 20.7 Å². The van der Waals surface area contributed by atoms with Crippen molar-refractivity contribution in [2.45, 2.75) is 64.6 Å². The molecular formula is C36H33F5N8O4. The lowest BCUT2D eigenvalue weighted by Crippen LogP contribution is -2.54. The first-order valence-electron chi connectivity index (χ1n) is 16.3. The molecule has 1 atom stereocenters. The van der Waals surface area contributed by atoms with E-state index in [2.05, 4.69) is 36.0 Å². The molecule has 0 bridgehead atoms. The van der Waals surface area contributed by atoms with Crippen LogP contribution < -0.4 is 16.0 Å². The van der Waals surface area contributed by atoms with E-state index in [1.54, 1.807) is 30.3 Å². The number of fused-ring (bicyclic) bond motifs is 2. The van der Waals surface area contributed by atoms with Gasteiger partial charge in [-0.1, -0.05) is 42.5 Å². The van der Waals surface area contributed by atoms with Crippen LogP contribution in [0, 0.1) is 24.4 Å². The third-order valence-corrected chi connectivity index (χ3v) is 8.82. The summed E-state index contributed by atoms with van der Waals surface area (Å²) in [4.78, 5) is 52.8. The Kier molecular flexibility index (Phi) is 9.85. The number of benzene rings is 2. The Balaban J connectivity index is 1.36. The van der Waals surface area contributed by atoms with Gasteiger partial charge in [-0.15, -0.1) is 0 Å². The normalized spacial score (nSPS) is 14.5. The molecule has 3 N–H and O–H groups in total. The first-order valence-corrected chi connectivity index (χ1v) is 16.3. The lowest BCUT2D eigenvalue weighted by Gasteiger charge is -2.30. The molecule has 0 saturated carbocycles. The maximum absolute atomic E-state index is 14.9. The van der Waals surface area contributed by atoms with Crippen molar-refractivity contribution in [3.05, 3.63) is 100 Å². The van der Waals surface area contributed by atoms with E-state index in [0.29, 0.717) is 5.56 Å². The lowest BCUT2D eigenvalue weighted by atomic mass is 9.85. The Labute approximate surface area is 299 Å². The van der Waals surface area contributed by atoms with E-state index in [9.17, 15) is 36.3 Å². The Hall–Kier alpha value is -6.00. The predicted octanol–water partition coefficient (Wildman–Crippen LogP) is 5.96. The highest BCUT2D eigenvalue weighted by molar-refractivity contribution is 6.09. The fourth-order valence-electron chi connectivity index (χ4n) is 5.93. The molecule has 3 amide bonds. The van der Waals surface area contributed by atoms with Crippen LogP contribution in [0.1, 0.15) is 60.1 Å². The monoisotopic (exact) mass is 736 g/mol. The number of hydrogen-bond donors (Lipinski definition) is 3. The van der Waals surface area contributed by atoms with E-state index in [1.807, 2.05) is 0 Å². The number of alkyl carbamates (subject to hydrolysis) is 1. The van der Waals surface area contributed by atoms with Crippen LogP contribution in [-0.2, 0) is 28.1 Å². The summed E-state index contributed by atoms with van der Waals surface area (Å²) in [6, 6.07) is 13.4. The van der Waals surface area contributed by atoms with Gasteiger partial charge in [0.25, 0.3) is 5.91 Å². The number of hydrogen-bond acceptors (Lipinski definition) is 8. The van der Waals surface area contributed by atoms with Crippen LogP contribution in [0.5, 0.6) is 0 Å². The number of carbonyl (C=O) groups excluding carboxylic acids is 3. The first-order chi connectivity index (χ1) is 25.1. The lowest BCUT2D eigenvalue weighted by molar-refractivity contribution is -0.119. The highest BCUT2D eigenvalue weighted by atomic mass is 19.3. The largest absolute Gasteiger partial charge is 0.445 e. The maximum Gasteiger partial charge on any atom is 0.407 e. The number of nitrogens with zero attached hydrogens (tertiary/aromatic N) is 5. The number of nitrogens with one attached hydrogen (secondary N) is 3. The van der Waals surface area contributed by atoms with Gasteiger partial charge in [0.15, 0.2) is 23.1 Å². The summed E-state index contributed by atoms with van der Waals surface area (Å²) >= 11 is 0. The van der Waals surface area contributed by atoms with E-state index in [-0.39, 0.29) is 64.0 Å². The van der Waals surface area contributed by atoms with Gasteiger partial charge in [-0.25, -0.2) is 46.4 Å². The van der Waals surface area contributed by atoms with Crippen molar-refractivity contribution in [3.8, 4) is 11.5 Å².